The predicted molar refractivity (Wildman–Crippen MR) is 101 cm³/mol. The van der Waals surface area contributed by atoms with Crippen LogP contribution in [-0.2, 0) is 9.59 Å². The van der Waals surface area contributed by atoms with Gasteiger partial charge in [0.1, 0.15) is 23.2 Å². The number of aromatic nitrogens is 3. The van der Waals surface area contributed by atoms with E-state index in [9.17, 15) is 9.59 Å². The average Bonchev–Trinajstić information content (AvgIpc) is 3.09. The third-order valence-corrected chi connectivity index (χ3v) is 4.58. The second-order valence-electron chi connectivity index (χ2n) is 5.71. The molecule has 138 valence electrons. The number of ether oxygens (including phenoxy) is 1. The molecule has 0 aliphatic heterocycles. The Morgan fingerprint density at radius 1 is 1.15 bits per heavy atom. The van der Waals surface area contributed by atoms with Crippen LogP contribution in [0, 0.1) is 12.8 Å². The molecule has 0 saturated heterocycles. The maximum atomic E-state index is 11.8. The van der Waals surface area contributed by atoms with Crippen molar-refractivity contribution in [3.63, 3.8) is 0 Å². The van der Waals surface area contributed by atoms with Gasteiger partial charge in [-0.05, 0) is 32.0 Å². The van der Waals surface area contributed by atoms with Crippen LogP contribution in [-0.4, -0.2) is 26.8 Å². The molecule has 3 aromatic rings. The number of carbonyl (C=O) groups excluding carboxylic acids is 2. The largest absolute Gasteiger partial charge is 0.456 e. The van der Waals surface area contributed by atoms with E-state index in [4.69, 9.17) is 10.5 Å². The summed E-state index contributed by atoms with van der Waals surface area (Å²) < 4.78 is 5.79. The van der Waals surface area contributed by atoms with E-state index in [0.29, 0.717) is 17.3 Å². The fourth-order valence-corrected chi connectivity index (χ4v) is 2.85. The first-order chi connectivity index (χ1) is 12.9. The molecule has 3 heterocycles. The van der Waals surface area contributed by atoms with Gasteiger partial charge < -0.3 is 15.8 Å². The van der Waals surface area contributed by atoms with Crippen molar-refractivity contribution in [2.75, 3.05) is 5.32 Å². The number of thiazole rings is 1. The van der Waals surface area contributed by atoms with E-state index in [2.05, 4.69) is 20.3 Å². The Morgan fingerprint density at radius 3 is 2.59 bits per heavy atom. The number of rotatable bonds is 6. The number of anilines is 1. The number of carbonyl (C=O) groups is 2. The second-order valence-corrected chi connectivity index (χ2v) is 6.95. The first kappa shape index (κ1) is 18.5. The number of pyridine rings is 2. The molecule has 0 aliphatic rings. The third-order valence-electron chi connectivity index (χ3n) is 3.65. The average molecular weight is 383 g/mol. The summed E-state index contributed by atoms with van der Waals surface area (Å²) in [6, 6.07) is 6.79. The van der Waals surface area contributed by atoms with Crippen LogP contribution in [0.4, 0.5) is 5.82 Å². The first-order valence-electron chi connectivity index (χ1n) is 8.05. The zero-order valence-electron chi connectivity index (χ0n) is 14.7. The van der Waals surface area contributed by atoms with Gasteiger partial charge in [-0.3, -0.25) is 14.6 Å². The summed E-state index contributed by atoms with van der Waals surface area (Å²) in [5.41, 5.74) is 5.88. The zero-order chi connectivity index (χ0) is 19.4. The van der Waals surface area contributed by atoms with Crippen molar-refractivity contribution in [2.45, 2.75) is 13.8 Å². The molecule has 1 atom stereocenters. The quantitative estimate of drug-likeness (QED) is 0.632. The Bertz CT molecular complexity index is 971. The maximum Gasteiger partial charge on any atom is 0.237 e. The van der Waals surface area contributed by atoms with E-state index in [1.54, 1.807) is 41.9 Å². The minimum absolute atomic E-state index is 0.302. The smallest absolute Gasteiger partial charge is 0.237 e. The Labute approximate surface area is 159 Å². The molecular formula is C18H17N5O3S. The van der Waals surface area contributed by atoms with Crippen molar-refractivity contribution in [3.8, 4) is 22.1 Å². The number of primary amides is 1. The summed E-state index contributed by atoms with van der Waals surface area (Å²) in [7, 11) is 0. The van der Waals surface area contributed by atoms with Gasteiger partial charge in [-0.15, -0.1) is 11.3 Å². The number of hydrogen-bond acceptors (Lipinski definition) is 7. The monoisotopic (exact) mass is 383 g/mol. The van der Waals surface area contributed by atoms with Gasteiger partial charge in [0.2, 0.25) is 11.8 Å². The Morgan fingerprint density at radius 2 is 1.96 bits per heavy atom. The standard InChI is InChI=1S/C18H17N5O3S/c1-10(17(19)24)18(25)23-16-4-3-13(8-22-16)26-12-5-6-20-14(7-12)15-9-21-11(2)27-15/h3-10H,1-2H3,(H2,19,24)(H,22,23,25). The summed E-state index contributed by atoms with van der Waals surface area (Å²) in [5, 5.41) is 3.49. The molecule has 3 rings (SSSR count). The lowest BCUT2D eigenvalue weighted by molar-refractivity contribution is -0.129. The normalized spacial score (nSPS) is 11.6. The molecule has 9 heteroatoms. The van der Waals surface area contributed by atoms with E-state index in [-0.39, 0.29) is 0 Å². The Kier molecular flexibility index (Phi) is 5.41. The van der Waals surface area contributed by atoms with E-state index in [0.717, 1.165) is 15.6 Å². The van der Waals surface area contributed by atoms with Gasteiger partial charge in [-0.25, -0.2) is 9.97 Å². The van der Waals surface area contributed by atoms with E-state index < -0.39 is 17.7 Å². The molecule has 3 aromatic heterocycles. The molecular weight excluding hydrogens is 366 g/mol. The van der Waals surface area contributed by atoms with Gasteiger partial charge in [0.15, 0.2) is 0 Å². The van der Waals surface area contributed by atoms with Crippen molar-refractivity contribution in [1.82, 2.24) is 15.0 Å². The number of aryl methyl sites for hydroxylation is 1. The summed E-state index contributed by atoms with van der Waals surface area (Å²) in [6.07, 6.45) is 4.91. The maximum absolute atomic E-state index is 11.8. The minimum Gasteiger partial charge on any atom is -0.456 e. The number of nitrogens with two attached hydrogens (primary N) is 1. The van der Waals surface area contributed by atoms with E-state index >= 15 is 0 Å². The van der Waals surface area contributed by atoms with Crippen molar-refractivity contribution in [2.24, 2.45) is 11.7 Å². The molecule has 0 aromatic carbocycles. The van der Waals surface area contributed by atoms with Crippen LogP contribution in [0.25, 0.3) is 10.6 Å². The fraction of sp³-hybridized carbons (Fsp3) is 0.167. The summed E-state index contributed by atoms with van der Waals surface area (Å²) in [5.74, 6) is -0.746. The summed E-state index contributed by atoms with van der Waals surface area (Å²) >= 11 is 1.55. The van der Waals surface area contributed by atoms with Crippen molar-refractivity contribution in [1.29, 1.82) is 0 Å². The van der Waals surface area contributed by atoms with Crippen LogP contribution in [0.1, 0.15) is 11.9 Å². The molecule has 0 spiro atoms. The van der Waals surface area contributed by atoms with E-state index in [1.165, 1.54) is 13.1 Å². The number of nitrogens with zero attached hydrogens (tertiary/aromatic N) is 3. The van der Waals surface area contributed by atoms with Crippen molar-refractivity contribution >= 4 is 29.0 Å². The molecule has 8 nitrogen and oxygen atoms in total. The highest BCUT2D eigenvalue weighted by molar-refractivity contribution is 7.15. The molecule has 0 bridgehead atoms. The van der Waals surface area contributed by atoms with Gasteiger partial charge in [0.25, 0.3) is 0 Å². The minimum atomic E-state index is -0.937. The first-order valence-corrected chi connectivity index (χ1v) is 8.87. The molecule has 1 unspecified atom stereocenters. The van der Waals surface area contributed by atoms with Crippen LogP contribution < -0.4 is 15.8 Å². The zero-order valence-corrected chi connectivity index (χ0v) is 15.5. The van der Waals surface area contributed by atoms with Gasteiger partial charge in [-0.2, -0.15) is 0 Å². The van der Waals surface area contributed by atoms with Crippen LogP contribution in [0.3, 0.4) is 0 Å². The summed E-state index contributed by atoms with van der Waals surface area (Å²) in [6.45, 7) is 3.37. The van der Waals surface area contributed by atoms with Crippen LogP contribution in [0.15, 0.2) is 42.9 Å². The van der Waals surface area contributed by atoms with Gasteiger partial charge in [0, 0.05) is 18.5 Å². The predicted octanol–water partition coefficient (Wildman–Crippen LogP) is 2.76. The Hall–Kier alpha value is -3.33. The van der Waals surface area contributed by atoms with Crippen molar-refractivity contribution < 1.29 is 14.3 Å². The van der Waals surface area contributed by atoms with Crippen LogP contribution in [0.5, 0.6) is 11.5 Å². The van der Waals surface area contributed by atoms with Crippen molar-refractivity contribution in [3.05, 3.63) is 47.9 Å². The third kappa shape index (κ3) is 4.64. The van der Waals surface area contributed by atoms with Gasteiger partial charge >= 0.3 is 0 Å². The highest BCUT2D eigenvalue weighted by Crippen LogP contribution is 2.28. The lowest BCUT2D eigenvalue weighted by atomic mass is 10.1. The lowest BCUT2D eigenvalue weighted by Gasteiger charge is -2.09. The van der Waals surface area contributed by atoms with Gasteiger partial charge in [0.05, 0.1) is 21.8 Å². The topological polar surface area (TPSA) is 120 Å². The highest BCUT2D eigenvalue weighted by Gasteiger charge is 2.18. The molecule has 0 fully saturated rings. The SMILES string of the molecule is Cc1ncc(-c2cc(Oc3ccc(NC(=O)C(C)C(N)=O)nc3)ccn2)s1. The molecule has 2 amide bonds. The number of amides is 2. The molecule has 0 saturated carbocycles. The summed E-state index contributed by atoms with van der Waals surface area (Å²) in [4.78, 5) is 36.5. The highest BCUT2D eigenvalue weighted by atomic mass is 32.1. The number of hydrogen-bond donors (Lipinski definition) is 2. The second kappa shape index (κ2) is 7.92. The fourth-order valence-electron chi connectivity index (χ4n) is 2.10. The van der Waals surface area contributed by atoms with Crippen LogP contribution in [0.2, 0.25) is 0 Å². The van der Waals surface area contributed by atoms with Gasteiger partial charge in [-0.1, -0.05) is 0 Å². The number of nitrogens with one attached hydrogen (secondary N) is 1. The van der Waals surface area contributed by atoms with E-state index in [1.807, 2.05) is 13.0 Å². The molecule has 0 aliphatic carbocycles. The molecule has 3 N–H and O–H groups in total. The lowest BCUT2D eigenvalue weighted by Crippen LogP contribution is -2.32. The molecule has 0 radical (unpaired) electrons. The molecule has 27 heavy (non-hydrogen) atoms. The van der Waals surface area contributed by atoms with Crippen LogP contribution >= 0.6 is 11.3 Å². The Balaban J connectivity index is 1.68.